The van der Waals surface area contributed by atoms with Crippen molar-refractivity contribution in [2.45, 2.75) is 32.3 Å². The molecule has 15 heavy (non-hydrogen) atoms. The third-order valence-corrected chi connectivity index (χ3v) is 2.86. The van der Waals surface area contributed by atoms with Crippen molar-refractivity contribution >= 4 is 15.9 Å². The minimum absolute atomic E-state index is 0.322. The number of ether oxygens (including phenoxy) is 1. The van der Waals surface area contributed by atoms with Crippen molar-refractivity contribution in [1.82, 2.24) is 0 Å². The summed E-state index contributed by atoms with van der Waals surface area (Å²) in [6, 6.07) is 10.5. The van der Waals surface area contributed by atoms with Gasteiger partial charge in [0.1, 0.15) is 0 Å². The van der Waals surface area contributed by atoms with Crippen LogP contribution >= 0.6 is 15.9 Å². The topological polar surface area (TPSA) is 9.23 Å². The summed E-state index contributed by atoms with van der Waals surface area (Å²) in [4.78, 5) is 0. The SMILES string of the molecule is CC(Cc1ccccc1)OCCCCBr. The van der Waals surface area contributed by atoms with Crippen molar-refractivity contribution < 1.29 is 4.74 Å². The highest BCUT2D eigenvalue weighted by atomic mass is 79.9. The Labute approximate surface area is 101 Å². The molecule has 0 radical (unpaired) electrons. The fourth-order valence-corrected chi connectivity index (χ4v) is 1.88. The Morgan fingerprint density at radius 2 is 1.93 bits per heavy atom. The molecule has 1 aromatic carbocycles. The lowest BCUT2D eigenvalue weighted by Crippen LogP contribution is -2.12. The first-order valence-electron chi connectivity index (χ1n) is 5.54. The average Bonchev–Trinajstić information content (AvgIpc) is 2.26. The molecule has 0 aromatic heterocycles. The summed E-state index contributed by atoms with van der Waals surface area (Å²) in [5, 5.41) is 1.07. The van der Waals surface area contributed by atoms with Crippen molar-refractivity contribution in [3.63, 3.8) is 0 Å². The van der Waals surface area contributed by atoms with Crippen molar-refractivity contribution in [2.75, 3.05) is 11.9 Å². The zero-order valence-corrected chi connectivity index (χ0v) is 10.9. The summed E-state index contributed by atoms with van der Waals surface area (Å²) in [5.74, 6) is 0. The van der Waals surface area contributed by atoms with Gasteiger partial charge in [-0.2, -0.15) is 0 Å². The summed E-state index contributed by atoms with van der Waals surface area (Å²) in [6.45, 7) is 3.01. The summed E-state index contributed by atoms with van der Waals surface area (Å²) < 4.78 is 5.73. The normalized spacial score (nSPS) is 12.7. The van der Waals surface area contributed by atoms with Crippen LogP contribution in [0.1, 0.15) is 25.3 Å². The summed E-state index contributed by atoms with van der Waals surface area (Å²) in [5.41, 5.74) is 1.35. The molecule has 1 nitrogen and oxygen atoms in total. The van der Waals surface area contributed by atoms with E-state index in [1.807, 2.05) is 6.07 Å². The van der Waals surface area contributed by atoms with Crippen LogP contribution < -0.4 is 0 Å². The number of rotatable bonds is 7. The van der Waals surface area contributed by atoms with Crippen molar-refractivity contribution in [1.29, 1.82) is 0 Å². The molecule has 0 spiro atoms. The van der Waals surface area contributed by atoms with Gasteiger partial charge in [-0.3, -0.25) is 0 Å². The van der Waals surface area contributed by atoms with E-state index >= 15 is 0 Å². The largest absolute Gasteiger partial charge is 0.378 e. The third kappa shape index (κ3) is 5.95. The number of hydrogen-bond acceptors (Lipinski definition) is 1. The predicted octanol–water partition coefficient (Wildman–Crippen LogP) is 3.81. The highest BCUT2D eigenvalue weighted by molar-refractivity contribution is 9.09. The fraction of sp³-hybridized carbons (Fsp3) is 0.538. The highest BCUT2D eigenvalue weighted by Gasteiger charge is 2.02. The van der Waals surface area contributed by atoms with E-state index in [4.69, 9.17) is 4.74 Å². The number of alkyl halides is 1. The number of halogens is 1. The smallest absolute Gasteiger partial charge is 0.0587 e. The molecule has 1 unspecified atom stereocenters. The monoisotopic (exact) mass is 270 g/mol. The maximum absolute atomic E-state index is 5.73. The van der Waals surface area contributed by atoms with Gasteiger partial charge < -0.3 is 4.74 Å². The zero-order valence-electron chi connectivity index (χ0n) is 9.29. The van der Waals surface area contributed by atoms with Gasteiger partial charge in [0, 0.05) is 11.9 Å². The van der Waals surface area contributed by atoms with Crippen LogP contribution in [0, 0.1) is 0 Å². The van der Waals surface area contributed by atoms with Gasteiger partial charge in [0.05, 0.1) is 6.10 Å². The number of hydrogen-bond donors (Lipinski definition) is 0. The molecule has 1 aromatic rings. The molecule has 0 aliphatic heterocycles. The van der Waals surface area contributed by atoms with E-state index in [0.29, 0.717) is 6.10 Å². The van der Waals surface area contributed by atoms with Gasteiger partial charge in [-0.1, -0.05) is 46.3 Å². The molecule has 0 saturated heterocycles. The molecule has 0 amide bonds. The molecule has 0 N–H and O–H groups in total. The van der Waals surface area contributed by atoms with Crippen molar-refractivity contribution in [3.05, 3.63) is 35.9 Å². The first-order chi connectivity index (χ1) is 7.33. The quantitative estimate of drug-likeness (QED) is 0.541. The van der Waals surface area contributed by atoms with Gasteiger partial charge in [0.2, 0.25) is 0 Å². The van der Waals surface area contributed by atoms with Gasteiger partial charge in [-0.15, -0.1) is 0 Å². The Morgan fingerprint density at radius 1 is 1.20 bits per heavy atom. The molecule has 0 aliphatic carbocycles. The van der Waals surface area contributed by atoms with Crippen LogP contribution in [0.25, 0.3) is 0 Å². The molecule has 1 atom stereocenters. The van der Waals surface area contributed by atoms with Crippen LogP contribution in [0.4, 0.5) is 0 Å². The van der Waals surface area contributed by atoms with Gasteiger partial charge in [0.15, 0.2) is 0 Å². The first-order valence-corrected chi connectivity index (χ1v) is 6.66. The lowest BCUT2D eigenvalue weighted by molar-refractivity contribution is 0.0646. The lowest BCUT2D eigenvalue weighted by atomic mass is 10.1. The van der Waals surface area contributed by atoms with E-state index < -0.39 is 0 Å². The number of benzene rings is 1. The molecule has 0 saturated carbocycles. The second-order valence-corrected chi connectivity index (χ2v) is 4.56. The van der Waals surface area contributed by atoms with E-state index in [1.165, 1.54) is 12.0 Å². The molecular formula is C13H19BrO. The van der Waals surface area contributed by atoms with Crippen LogP contribution in [-0.2, 0) is 11.2 Å². The van der Waals surface area contributed by atoms with E-state index in [2.05, 4.69) is 47.1 Å². The predicted molar refractivity (Wildman–Crippen MR) is 68.6 cm³/mol. The molecule has 0 aliphatic rings. The second kappa shape index (κ2) is 7.89. The van der Waals surface area contributed by atoms with Crippen molar-refractivity contribution in [2.24, 2.45) is 0 Å². The molecule has 0 bridgehead atoms. The van der Waals surface area contributed by atoms with Gasteiger partial charge in [-0.05, 0) is 31.7 Å². The highest BCUT2D eigenvalue weighted by Crippen LogP contribution is 2.06. The Bertz CT molecular complexity index is 248. The minimum atomic E-state index is 0.322. The van der Waals surface area contributed by atoms with Gasteiger partial charge in [0.25, 0.3) is 0 Å². The van der Waals surface area contributed by atoms with E-state index in [1.54, 1.807) is 0 Å². The van der Waals surface area contributed by atoms with Crippen LogP contribution in [-0.4, -0.2) is 18.0 Å². The Balaban J connectivity index is 2.16. The molecular weight excluding hydrogens is 252 g/mol. The van der Waals surface area contributed by atoms with Gasteiger partial charge in [-0.25, -0.2) is 0 Å². The average molecular weight is 271 g/mol. The van der Waals surface area contributed by atoms with Crippen LogP contribution in [0.3, 0.4) is 0 Å². The van der Waals surface area contributed by atoms with Crippen LogP contribution in [0.5, 0.6) is 0 Å². The molecule has 84 valence electrons. The second-order valence-electron chi connectivity index (χ2n) is 3.77. The number of unbranched alkanes of at least 4 members (excludes halogenated alkanes) is 1. The van der Waals surface area contributed by atoms with E-state index in [0.717, 1.165) is 24.8 Å². The maximum Gasteiger partial charge on any atom is 0.0587 e. The van der Waals surface area contributed by atoms with Crippen molar-refractivity contribution in [3.8, 4) is 0 Å². The Hall–Kier alpha value is -0.340. The molecule has 0 heterocycles. The van der Waals surface area contributed by atoms with E-state index in [9.17, 15) is 0 Å². The van der Waals surface area contributed by atoms with Crippen LogP contribution in [0.2, 0.25) is 0 Å². The first kappa shape index (κ1) is 12.7. The fourth-order valence-electron chi connectivity index (χ4n) is 1.49. The third-order valence-electron chi connectivity index (χ3n) is 2.30. The Morgan fingerprint density at radius 3 is 2.60 bits per heavy atom. The molecule has 2 heteroatoms. The van der Waals surface area contributed by atoms with Crippen LogP contribution in [0.15, 0.2) is 30.3 Å². The molecule has 0 fully saturated rings. The minimum Gasteiger partial charge on any atom is -0.378 e. The summed E-state index contributed by atoms with van der Waals surface area (Å²) in [6.07, 6.45) is 3.67. The lowest BCUT2D eigenvalue weighted by Gasteiger charge is -2.12. The molecule has 1 rings (SSSR count). The zero-order chi connectivity index (χ0) is 10.9. The summed E-state index contributed by atoms with van der Waals surface area (Å²) in [7, 11) is 0. The summed E-state index contributed by atoms with van der Waals surface area (Å²) >= 11 is 3.41. The Kier molecular flexibility index (Phi) is 6.69. The van der Waals surface area contributed by atoms with E-state index in [-0.39, 0.29) is 0 Å². The standard InChI is InChI=1S/C13H19BrO/c1-12(15-10-6-5-9-14)11-13-7-3-2-4-8-13/h2-4,7-8,12H,5-6,9-11H2,1H3. The maximum atomic E-state index is 5.73. The van der Waals surface area contributed by atoms with Gasteiger partial charge >= 0.3 is 0 Å².